The quantitative estimate of drug-likeness (QED) is 0.843. The van der Waals surface area contributed by atoms with Gasteiger partial charge in [-0.2, -0.15) is 4.98 Å². The molecular weight excluding hydrogens is 206 g/mol. The number of nitrogens with one attached hydrogen (secondary N) is 1. The van der Waals surface area contributed by atoms with E-state index in [9.17, 15) is 0 Å². The molecule has 0 saturated carbocycles. The average Bonchev–Trinajstić information content (AvgIpc) is 2.74. The first kappa shape index (κ1) is 11.5. The van der Waals surface area contributed by atoms with Gasteiger partial charge in [0.05, 0.1) is 6.04 Å². The summed E-state index contributed by atoms with van der Waals surface area (Å²) in [6.45, 7) is 5.64. The highest BCUT2D eigenvalue weighted by Crippen LogP contribution is 2.17. The van der Waals surface area contributed by atoms with E-state index in [4.69, 9.17) is 9.26 Å². The second-order valence-corrected chi connectivity index (χ2v) is 4.19. The third-order valence-corrected chi connectivity index (χ3v) is 2.92. The second-order valence-electron chi connectivity index (χ2n) is 4.19. The van der Waals surface area contributed by atoms with Gasteiger partial charge in [0.15, 0.2) is 5.82 Å². The predicted molar refractivity (Wildman–Crippen MR) is 59.0 cm³/mol. The molecule has 5 nitrogen and oxygen atoms in total. The zero-order valence-electron chi connectivity index (χ0n) is 9.90. The molecule has 1 fully saturated rings. The van der Waals surface area contributed by atoms with Gasteiger partial charge in [0.25, 0.3) is 0 Å². The Morgan fingerprint density at radius 1 is 1.44 bits per heavy atom. The molecule has 0 radical (unpaired) electrons. The van der Waals surface area contributed by atoms with Gasteiger partial charge in [-0.1, -0.05) is 12.1 Å². The Kier molecular flexibility index (Phi) is 3.90. The molecule has 0 spiro atoms. The Hall–Kier alpha value is -0.940. The molecule has 1 N–H and O–H groups in total. The minimum Gasteiger partial charge on any atom is -0.381 e. The Labute approximate surface area is 95.6 Å². The summed E-state index contributed by atoms with van der Waals surface area (Å²) < 4.78 is 10.3. The summed E-state index contributed by atoms with van der Waals surface area (Å²) in [6.07, 6.45) is 3.09. The Morgan fingerprint density at radius 3 is 2.75 bits per heavy atom. The van der Waals surface area contributed by atoms with E-state index in [1.165, 1.54) is 0 Å². The number of hydrogen-bond donors (Lipinski definition) is 1. The van der Waals surface area contributed by atoms with E-state index in [-0.39, 0.29) is 6.04 Å². The van der Waals surface area contributed by atoms with Crippen LogP contribution in [0.3, 0.4) is 0 Å². The topological polar surface area (TPSA) is 60.2 Å². The van der Waals surface area contributed by atoms with Crippen molar-refractivity contribution in [1.29, 1.82) is 0 Å². The van der Waals surface area contributed by atoms with Gasteiger partial charge in [0, 0.05) is 26.2 Å². The van der Waals surface area contributed by atoms with Gasteiger partial charge in [-0.15, -0.1) is 0 Å². The van der Waals surface area contributed by atoms with Gasteiger partial charge in [0.1, 0.15) is 0 Å². The van der Waals surface area contributed by atoms with Crippen LogP contribution in [0.1, 0.15) is 43.9 Å². The monoisotopic (exact) mass is 225 g/mol. The Morgan fingerprint density at radius 2 is 2.19 bits per heavy atom. The Bertz CT molecular complexity index is 321. The van der Waals surface area contributed by atoms with Crippen molar-refractivity contribution in [2.75, 3.05) is 13.2 Å². The van der Waals surface area contributed by atoms with Gasteiger partial charge in [-0.25, -0.2) is 0 Å². The third-order valence-electron chi connectivity index (χ3n) is 2.92. The molecule has 0 amide bonds. The van der Waals surface area contributed by atoms with E-state index in [1.807, 2.05) is 6.92 Å². The van der Waals surface area contributed by atoms with Crippen molar-refractivity contribution in [2.45, 2.75) is 45.2 Å². The number of aryl methyl sites for hydroxylation is 1. The fourth-order valence-corrected chi connectivity index (χ4v) is 1.98. The molecule has 1 aromatic rings. The van der Waals surface area contributed by atoms with E-state index >= 15 is 0 Å². The van der Waals surface area contributed by atoms with Crippen LogP contribution in [0.2, 0.25) is 0 Å². The van der Waals surface area contributed by atoms with Crippen molar-refractivity contribution in [1.82, 2.24) is 15.5 Å². The molecule has 5 heteroatoms. The largest absolute Gasteiger partial charge is 0.381 e. The zero-order chi connectivity index (χ0) is 11.4. The normalized spacial score (nSPS) is 19.9. The van der Waals surface area contributed by atoms with Crippen molar-refractivity contribution in [3.8, 4) is 0 Å². The van der Waals surface area contributed by atoms with Crippen LogP contribution in [0.5, 0.6) is 0 Å². The zero-order valence-corrected chi connectivity index (χ0v) is 9.90. The van der Waals surface area contributed by atoms with Crippen LogP contribution in [-0.4, -0.2) is 29.4 Å². The number of rotatable bonds is 4. The van der Waals surface area contributed by atoms with Crippen molar-refractivity contribution in [2.24, 2.45) is 0 Å². The lowest BCUT2D eigenvalue weighted by Gasteiger charge is -2.26. The first-order valence-corrected chi connectivity index (χ1v) is 5.93. The molecule has 1 aliphatic heterocycles. The molecule has 1 aromatic heterocycles. The number of aromatic nitrogens is 2. The fraction of sp³-hybridized carbons (Fsp3) is 0.818. The van der Waals surface area contributed by atoms with Crippen molar-refractivity contribution >= 4 is 0 Å². The van der Waals surface area contributed by atoms with Gasteiger partial charge < -0.3 is 14.6 Å². The molecular formula is C11H19N3O2. The summed E-state index contributed by atoms with van der Waals surface area (Å²) >= 11 is 0. The molecule has 1 saturated heterocycles. The smallest absolute Gasteiger partial charge is 0.223 e. The number of hydrogen-bond acceptors (Lipinski definition) is 5. The lowest BCUT2D eigenvalue weighted by atomic mass is 10.1. The highest BCUT2D eigenvalue weighted by atomic mass is 16.5. The first-order valence-electron chi connectivity index (χ1n) is 5.93. The summed E-state index contributed by atoms with van der Waals surface area (Å²) in [7, 11) is 0. The van der Waals surface area contributed by atoms with Crippen LogP contribution in [0, 0.1) is 6.92 Å². The predicted octanol–water partition coefficient (Wildman–Crippen LogP) is 1.60. The van der Waals surface area contributed by atoms with E-state index in [0.717, 1.165) is 38.3 Å². The Balaban J connectivity index is 1.94. The van der Waals surface area contributed by atoms with Gasteiger partial charge in [0.2, 0.25) is 5.89 Å². The van der Waals surface area contributed by atoms with E-state index in [0.29, 0.717) is 11.9 Å². The van der Waals surface area contributed by atoms with Crippen molar-refractivity contribution in [3.63, 3.8) is 0 Å². The third kappa shape index (κ3) is 2.80. The molecule has 0 aliphatic carbocycles. The maximum absolute atomic E-state index is 5.33. The highest BCUT2D eigenvalue weighted by molar-refractivity contribution is 4.94. The number of ether oxygens (including phenoxy) is 1. The standard InChI is InChI=1S/C11H19N3O2/c1-3-10(11-12-8(2)16-14-11)13-9-4-6-15-7-5-9/h9-10,13H,3-7H2,1-2H3. The molecule has 0 aromatic carbocycles. The fourth-order valence-electron chi connectivity index (χ4n) is 1.98. The van der Waals surface area contributed by atoms with Crippen molar-refractivity contribution in [3.05, 3.63) is 11.7 Å². The number of nitrogens with zero attached hydrogens (tertiary/aromatic N) is 2. The van der Waals surface area contributed by atoms with Gasteiger partial charge in [-0.3, -0.25) is 0 Å². The molecule has 1 aliphatic rings. The van der Waals surface area contributed by atoms with Crippen LogP contribution in [0.4, 0.5) is 0 Å². The summed E-state index contributed by atoms with van der Waals surface area (Å²) in [5.41, 5.74) is 0. The van der Waals surface area contributed by atoms with E-state index in [1.54, 1.807) is 0 Å². The van der Waals surface area contributed by atoms with Crippen LogP contribution >= 0.6 is 0 Å². The average molecular weight is 225 g/mol. The maximum Gasteiger partial charge on any atom is 0.223 e. The second kappa shape index (κ2) is 5.41. The maximum atomic E-state index is 5.33. The molecule has 1 unspecified atom stereocenters. The van der Waals surface area contributed by atoms with Crippen molar-refractivity contribution < 1.29 is 9.26 Å². The molecule has 1 atom stereocenters. The van der Waals surface area contributed by atoms with Gasteiger partial charge >= 0.3 is 0 Å². The molecule has 0 bridgehead atoms. The SMILES string of the molecule is CCC(NC1CCOCC1)c1noc(C)n1. The molecule has 2 heterocycles. The first-order chi connectivity index (χ1) is 7.79. The summed E-state index contributed by atoms with van der Waals surface area (Å²) in [5, 5.41) is 7.54. The highest BCUT2D eigenvalue weighted by Gasteiger charge is 2.21. The molecule has 2 rings (SSSR count). The van der Waals surface area contributed by atoms with Crippen LogP contribution in [0.15, 0.2) is 4.52 Å². The van der Waals surface area contributed by atoms with Crippen LogP contribution in [0.25, 0.3) is 0 Å². The lowest BCUT2D eigenvalue weighted by Crippen LogP contribution is -2.37. The minimum absolute atomic E-state index is 0.195. The minimum atomic E-state index is 0.195. The van der Waals surface area contributed by atoms with E-state index in [2.05, 4.69) is 22.4 Å². The molecule has 16 heavy (non-hydrogen) atoms. The lowest BCUT2D eigenvalue weighted by molar-refractivity contribution is 0.0742. The van der Waals surface area contributed by atoms with Crippen LogP contribution < -0.4 is 5.32 Å². The molecule has 90 valence electrons. The van der Waals surface area contributed by atoms with Crippen LogP contribution in [-0.2, 0) is 4.74 Å². The van der Waals surface area contributed by atoms with Gasteiger partial charge in [-0.05, 0) is 19.3 Å². The summed E-state index contributed by atoms with van der Waals surface area (Å²) in [5.74, 6) is 1.40. The summed E-state index contributed by atoms with van der Waals surface area (Å²) in [6, 6.07) is 0.707. The van der Waals surface area contributed by atoms with E-state index < -0.39 is 0 Å². The summed E-state index contributed by atoms with van der Waals surface area (Å²) in [4.78, 5) is 4.28.